The van der Waals surface area contributed by atoms with Crippen LogP contribution in [0, 0.1) is 13.8 Å². The zero-order valence-corrected chi connectivity index (χ0v) is 15.7. The number of hydrogen-bond acceptors (Lipinski definition) is 5. The summed E-state index contributed by atoms with van der Waals surface area (Å²) >= 11 is 0. The van der Waals surface area contributed by atoms with Gasteiger partial charge in [0.2, 0.25) is 0 Å². The summed E-state index contributed by atoms with van der Waals surface area (Å²) in [6, 6.07) is 11.4. The van der Waals surface area contributed by atoms with Crippen LogP contribution in [0.3, 0.4) is 0 Å². The van der Waals surface area contributed by atoms with Crippen molar-refractivity contribution in [3.63, 3.8) is 0 Å². The maximum Gasteiger partial charge on any atom is 0.274 e. The Bertz CT molecular complexity index is 1010. The summed E-state index contributed by atoms with van der Waals surface area (Å²) in [5.74, 6) is 0.753. The molecule has 0 bridgehead atoms. The maximum atomic E-state index is 13.0. The smallest absolute Gasteiger partial charge is 0.274 e. The summed E-state index contributed by atoms with van der Waals surface area (Å²) < 4.78 is 7.01. The second kappa shape index (κ2) is 6.66. The Hall–Kier alpha value is -2.93. The van der Waals surface area contributed by atoms with Crippen LogP contribution in [0.15, 0.2) is 36.4 Å². The highest BCUT2D eigenvalue weighted by molar-refractivity contribution is 5.93. The number of nitrogens with zero attached hydrogens (tertiary/aromatic N) is 4. The number of likely N-dealkylation sites (tertiary alicyclic amines) is 1. The first-order valence-corrected chi connectivity index (χ1v) is 8.99. The van der Waals surface area contributed by atoms with Gasteiger partial charge < -0.3 is 15.4 Å². The fourth-order valence-corrected chi connectivity index (χ4v) is 3.77. The van der Waals surface area contributed by atoms with Crippen molar-refractivity contribution in [3.8, 4) is 5.75 Å². The molecule has 1 aliphatic rings. The van der Waals surface area contributed by atoms with Crippen LogP contribution >= 0.6 is 0 Å². The van der Waals surface area contributed by atoms with Crippen LogP contribution in [-0.4, -0.2) is 51.6 Å². The summed E-state index contributed by atoms with van der Waals surface area (Å²) in [5.41, 5.74) is 10.4. The van der Waals surface area contributed by atoms with Crippen LogP contribution in [0.25, 0.3) is 5.65 Å². The number of nitrogens with two attached hydrogens (primary N) is 1. The summed E-state index contributed by atoms with van der Waals surface area (Å²) in [7, 11) is 1.64. The molecule has 2 aromatic heterocycles. The lowest BCUT2D eigenvalue weighted by Crippen LogP contribution is -2.32. The molecule has 0 unspecified atom stereocenters. The van der Waals surface area contributed by atoms with Crippen molar-refractivity contribution in [2.24, 2.45) is 5.73 Å². The van der Waals surface area contributed by atoms with E-state index >= 15 is 0 Å². The lowest BCUT2D eigenvalue weighted by molar-refractivity contribution is 0.0783. The van der Waals surface area contributed by atoms with Crippen LogP contribution in [0.2, 0.25) is 0 Å². The van der Waals surface area contributed by atoms with E-state index in [2.05, 4.69) is 10.1 Å². The Balaban J connectivity index is 1.59. The lowest BCUT2D eigenvalue weighted by atomic mass is 9.95. The van der Waals surface area contributed by atoms with Gasteiger partial charge in [0.05, 0.1) is 7.11 Å². The van der Waals surface area contributed by atoms with Gasteiger partial charge in [-0.05, 0) is 37.6 Å². The van der Waals surface area contributed by atoms with Crippen molar-refractivity contribution in [2.45, 2.75) is 25.8 Å². The van der Waals surface area contributed by atoms with E-state index in [1.54, 1.807) is 22.6 Å². The number of carbonyl (C=O) groups excluding carboxylic acids is 1. The molecule has 140 valence electrons. The number of carbonyl (C=O) groups is 1. The second-order valence-corrected chi connectivity index (χ2v) is 7.10. The predicted octanol–water partition coefficient (Wildman–Crippen LogP) is 1.92. The molecule has 0 saturated carbocycles. The quantitative estimate of drug-likeness (QED) is 0.766. The van der Waals surface area contributed by atoms with Gasteiger partial charge in [0.25, 0.3) is 5.91 Å². The number of ether oxygens (including phenoxy) is 1. The summed E-state index contributed by atoms with van der Waals surface area (Å²) in [5, 5.41) is 4.45. The fourth-order valence-electron chi connectivity index (χ4n) is 3.77. The minimum atomic E-state index is -0.125. The van der Waals surface area contributed by atoms with Gasteiger partial charge in [-0.3, -0.25) is 4.79 Å². The standard InChI is InChI=1S/C20H23N5O2/c1-12-7-13(2)25-19(22-12)9-18(23-25)20(26)24-10-16(17(21)11-24)14-5-4-6-15(8-14)27-3/h4-9,16-17H,10-11,21H2,1-3H3/t16-,17+/m1/s1. The van der Waals surface area contributed by atoms with Crippen LogP contribution in [0.5, 0.6) is 5.75 Å². The van der Waals surface area contributed by atoms with Crippen molar-refractivity contribution in [3.05, 3.63) is 59.0 Å². The monoisotopic (exact) mass is 365 g/mol. The van der Waals surface area contributed by atoms with Crippen LogP contribution < -0.4 is 10.5 Å². The third kappa shape index (κ3) is 3.14. The normalized spacial score (nSPS) is 19.6. The molecule has 1 aromatic carbocycles. The molecule has 4 rings (SSSR count). The largest absolute Gasteiger partial charge is 0.497 e. The molecule has 1 saturated heterocycles. The number of benzene rings is 1. The van der Waals surface area contributed by atoms with Gasteiger partial charge in [-0.2, -0.15) is 5.10 Å². The number of aromatic nitrogens is 3. The molecular weight excluding hydrogens is 342 g/mol. The number of fused-ring (bicyclic) bond motifs is 1. The molecule has 0 spiro atoms. The van der Waals surface area contributed by atoms with Crippen molar-refractivity contribution in [1.82, 2.24) is 19.5 Å². The van der Waals surface area contributed by atoms with E-state index in [0.29, 0.717) is 24.4 Å². The topological polar surface area (TPSA) is 85.8 Å². The molecule has 3 aromatic rings. The molecule has 2 atom stereocenters. The Labute approximate surface area is 157 Å². The molecule has 1 aliphatic heterocycles. The van der Waals surface area contributed by atoms with Gasteiger partial charge in [-0.1, -0.05) is 12.1 Å². The highest BCUT2D eigenvalue weighted by Gasteiger charge is 2.35. The summed E-state index contributed by atoms with van der Waals surface area (Å²) in [6.45, 7) is 4.94. The van der Waals surface area contributed by atoms with E-state index in [1.807, 2.05) is 44.2 Å². The van der Waals surface area contributed by atoms with E-state index in [4.69, 9.17) is 10.5 Å². The molecular formula is C20H23N5O2. The Morgan fingerprint density at radius 2 is 2.04 bits per heavy atom. The minimum absolute atomic E-state index is 0.0724. The van der Waals surface area contributed by atoms with E-state index in [0.717, 1.165) is 22.7 Å². The van der Waals surface area contributed by atoms with Gasteiger partial charge in [0.15, 0.2) is 11.3 Å². The van der Waals surface area contributed by atoms with Gasteiger partial charge in [-0.25, -0.2) is 9.50 Å². The number of methoxy groups -OCH3 is 1. The van der Waals surface area contributed by atoms with Crippen molar-refractivity contribution in [2.75, 3.05) is 20.2 Å². The van der Waals surface area contributed by atoms with Gasteiger partial charge in [-0.15, -0.1) is 0 Å². The van der Waals surface area contributed by atoms with Crippen molar-refractivity contribution >= 4 is 11.6 Å². The van der Waals surface area contributed by atoms with Crippen LogP contribution in [-0.2, 0) is 0 Å². The van der Waals surface area contributed by atoms with Crippen molar-refractivity contribution < 1.29 is 9.53 Å². The van der Waals surface area contributed by atoms with Crippen LogP contribution in [0.4, 0.5) is 0 Å². The number of hydrogen-bond donors (Lipinski definition) is 1. The highest BCUT2D eigenvalue weighted by atomic mass is 16.5. The maximum absolute atomic E-state index is 13.0. The van der Waals surface area contributed by atoms with Gasteiger partial charge in [0, 0.05) is 42.5 Å². The fraction of sp³-hybridized carbons (Fsp3) is 0.350. The molecule has 7 nitrogen and oxygen atoms in total. The zero-order valence-electron chi connectivity index (χ0n) is 15.7. The first kappa shape index (κ1) is 17.5. The Kier molecular flexibility index (Phi) is 4.31. The van der Waals surface area contributed by atoms with E-state index in [9.17, 15) is 4.79 Å². The van der Waals surface area contributed by atoms with Gasteiger partial charge in [0.1, 0.15) is 5.75 Å². The summed E-state index contributed by atoms with van der Waals surface area (Å²) in [4.78, 5) is 19.2. The molecule has 0 radical (unpaired) electrons. The second-order valence-electron chi connectivity index (χ2n) is 7.10. The Morgan fingerprint density at radius 1 is 1.22 bits per heavy atom. The van der Waals surface area contributed by atoms with E-state index in [-0.39, 0.29) is 17.9 Å². The number of amides is 1. The lowest BCUT2D eigenvalue weighted by Gasteiger charge is -2.16. The molecule has 1 amide bonds. The first-order chi connectivity index (χ1) is 13.0. The van der Waals surface area contributed by atoms with E-state index < -0.39 is 0 Å². The Morgan fingerprint density at radius 3 is 2.81 bits per heavy atom. The number of rotatable bonds is 3. The molecule has 2 N–H and O–H groups in total. The molecule has 0 aliphatic carbocycles. The average Bonchev–Trinajstić information content (AvgIpc) is 3.25. The molecule has 3 heterocycles. The SMILES string of the molecule is COc1cccc([C@H]2CN(C(=O)c3cc4nc(C)cc(C)n4n3)C[C@@H]2N)c1. The average molecular weight is 365 g/mol. The minimum Gasteiger partial charge on any atom is -0.497 e. The zero-order chi connectivity index (χ0) is 19.1. The van der Waals surface area contributed by atoms with Crippen molar-refractivity contribution in [1.29, 1.82) is 0 Å². The highest BCUT2D eigenvalue weighted by Crippen LogP contribution is 2.29. The van der Waals surface area contributed by atoms with Gasteiger partial charge >= 0.3 is 0 Å². The first-order valence-electron chi connectivity index (χ1n) is 8.99. The third-order valence-corrected chi connectivity index (χ3v) is 5.13. The molecule has 7 heteroatoms. The summed E-state index contributed by atoms with van der Waals surface area (Å²) in [6.07, 6.45) is 0. The van der Waals surface area contributed by atoms with Crippen LogP contribution in [0.1, 0.15) is 33.4 Å². The number of aryl methyl sites for hydroxylation is 2. The molecule has 1 fully saturated rings. The van der Waals surface area contributed by atoms with E-state index in [1.165, 1.54) is 0 Å². The predicted molar refractivity (Wildman–Crippen MR) is 102 cm³/mol. The molecule has 27 heavy (non-hydrogen) atoms. The third-order valence-electron chi connectivity index (χ3n) is 5.13.